The molecule has 1 aromatic carbocycles. The van der Waals surface area contributed by atoms with Crippen molar-refractivity contribution in [2.75, 3.05) is 11.9 Å². The molecule has 1 amide bonds. The summed E-state index contributed by atoms with van der Waals surface area (Å²) in [6.07, 6.45) is -7.43. The molecule has 1 N–H and O–H groups in total. The zero-order valence-corrected chi connectivity index (χ0v) is 14.0. The van der Waals surface area contributed by atoms with Crippen LogP contribution in [-0.4, -0.2) is 29.8 Å². The van der Waals surface area contributed by atoms with Gasteiger partial charge in [-0.25, -0.2) is 9.78 Å². The van der Waals surface area contributed by atoms with Crippen molar-refractivity contribution in [3.63, 3.8) is 0 Å². The van der Waals surface area contributed by atoms with Gasteiger partial charge in [-0.3, -0.25) is 10.1 Å². The van der Waals surface area contributed by atoms with E-state index in [1.54, 1.807) is 18.2 Å². The van der Waals surface area contributed by atoms with E-state index in [2.05, 4.69) is 9.72 Å². The molecule has 140 valence electrons. The number of aromatic nitrogens is 1. The summed E-state index contributed by atoms with van der Waals surface area (Å²) in [5, 5.41) is 1.25. The average molecular weight is 392 g/mol. The number of ether oxygens (including phenoxy) is 2. The van der Waals surface area contributed by atoms with Crippen molar-refractivity contribution in [3.8, 4) is 5.75 Å². The summed E-state index contributed by atoms with van der Waals surface area (Å²) in [5.74, 6) is -2.56. The molecule has 0 aliphatic carbocycles. The Morgan fingerprint density at radius 2 is 1.92 bits per heavy atom. The van der Waals surface area contributed by atoms with Gasteiger partial charge in [0.05, 0.1) is 6.61 Å². The molecule has 2 aromatic rings. The largest absolute Gasteiger partial charge is 0.462 e. The van der Waals surface area contributed by atoms with E-state index in [1.807, 2.05) is 5.32 Å². The van der Waals surface area contributed by atoms with Gasteiger partial charge in [-0.15, -0.1) is 0 Å². The Labute approximate surface area is 148 Å². The third-order valence-corrected chi connectivity index (χ3v) is 3.73. The molecule has 0 saturated carbocycles. The molecule has 0 saturated heterocycles. The van der Waals surface area contributed by atoms with Crippen molar-refractivity contribution in [1.29, 1.82) is 0 Å². The molecule has 0 radical (unpaired) electrons. The number of para-hydroxylation sites is 1. The first kappa shape index (κ1) is 19.6. The number of carbonyl (C=O) groups is 2. The quantitative estimate of drug-likeness (QED) is 0.600. The third kappa shape index (κ3) is 4.91. The lowest BCUT2D eigenvalue weighted by Gasteiger charge is -2.10. The zero-order valence-electron chi connectivity index (χ0n) is 13.2. The van der Waals surface area contributed by atoms with Crippen LogP contribution in [0.15, 0.2) is 30.3 Å². The molecule has 26 heavy (non-hydrogen) atoms. The molecule has 1 unspecified atom stereocenters. The van der Waals surface area contributed by atoms with Gasteiger partial charge in [0.1, 0.15) is 10.6 Å². The van der Waals surface area contributed by atoms with Crippen LogP contribution in [0.1, 0.15) is 22.3 Å². The maximum Gasteiger partial charge on any atom is 0.435 e. The Kier molecular flexibility index (Phi) is 6.14. The minimum Gasteiger partial charge on any atom is -0.462 e. The van der Waals surface area contributed by atoms with Crippen molar-refractivity contribution >= 4 is 28.3 Å². The molecule has 0 aliphatic heterocycles. The van der Waals surface area contributed by atoms with Crippen LogP contribution in [0.25, 0.3) is 0 Å². The van der Waals surface area contributed by atoms with E-state index in [0.717, 1.165) is 0 Å². The standard InChI is InChI=1S/C15H12F4N2O4S/c1-2-24-13(23)9-10(15(17,18)19)20-14(26-9)21-12(22)11(16)25-8-6-4-3-5-7-8/h3-7,11H,2H2,1H3,(H,20,21,22). The molecule has 11 heteroatoms. The number of amides is 1. The number of rotatable bonds is 6. The lowest BCUT2D eigenvalue weighted by Crippen LogP contribution is -2.29. The van der Waals surface area contributed by atoms with Gasteiger partial charge < -0.3 is 9.47 Å². The van der Waals surface area contributed by atoms with Crippen LogP contribution in [0.2, 0.25) is 0 Å². The molecular formula is C15H12F4N2O4S. The molecule has 0 bridgehead atoms. The number of nitrogens with one attached hydrogen (secondary N) is 1. The number of hydrogen-bond donors (Lipinski definition) is 1. The second kappa shape index (κ2) is 8.13. The fourth-order valence-electron chi connectivity index (χ4n) is 1.73. The summed E-state index contributed by atoms with van der Waals surface area (Å²) < 4.78 is 62.0. The van der Waals surface area contributed by atoms with Gasteiger partial charge in [0.2, 0.25) is 0 Å². The summed E-state index contributed by atoms with van der Waals surface area (Å²) in [6, 6.07) is 7.52. The predicted octanol–water partition coefficient (Wildman–Crippen LogP) is 3.65. The summed E-state index contributed by atoms with van der Waals surface area (Å²) >= 11 is 0.227. The van der Waals surface area contributed by atoms with E-state index < -0.39 is 40.1 Å². The Morgan fingerprint density at radius 1 is 1.27 bits per heavy atom. The lowest BCUT2D eigenvalue weighted by molar-refractivity contribution is -0.141. The first-order valence-electron chi connectivity index (χ1n) is 7.14. The number of benzene rings is 1. The van der Waals surface area contributed by atoms with Crippen LogP contribution >= 0.6 is 11.3 Å². The van der Waals surface area contributed by atoms with Gasteiger partial charge in [0.15, 0.2) is 10.8 Å². The van der Waals surface area contributed by atoms with Gasteiger partial charge in [0.25, 0.3) is 0 Å². The number of esters is 1. The van der Waals surface area contributed by atoms with Crippen LogP contribution in [0, 0.1) is 0 Å². The SMILES string of the molecule is CCOC(=O)c1sc(NC(=O)C(F)Oc2ccccc2)nc1C(F)(F)F. The second-order valence-corrected chi connectivity index (χ2v) is 5.65. The highest BCUT2D eigenvalue weighted by Crippen LogP contribution is 2.36. The Morgan fingerprint density at radius 3 is 2.50 bits per heavy atom. The molecular weight excluding hydrogens is 380 g/mol. The van der Waals surface area contributed by atoms with Gasteiger partial charge in [-0.1, -0.05) is 29.5 Å². The van der Waals surface area contributed by atoms with E-state index in [-0.39, 0.29) is 23.7 Å². The first-order chi connectivity index (χ1) is 12.2. The summed E-state index contributed by atoms with van der Waals surface area (Å²) in [4.78, 5) is 25.7. The molecule has 1 atom stereocenters. The fourth-order valence-corrected chi connectivity index (χ4v) is 2.62. The van der Waals surface area contributed by atoms with Crippen LogP contribution < -0.4 is 10.1 Å². The minimum atomic E-state index is -4.95. The number of nitrogens with zero attached hydrogens (tertiary/aromatic N) is 1. The van der Waals surface area contributed by atoms with Crippen molar-refractivity contribution in [2.45, 2.75) is 19.5 Å². The average Bonchev–Trinajstić information content (AvgIpc) is 3.00. The van der Waals surface area contributed by atoms with Crippen LogP contribution in [0.5, 0.6) is 5.75 Å². The van der Waals surface area contributed by atoms with E-state index in [4.69, 9.17) is 4.74 Å². The van der Waals surface area contributed by atoms with Crippen molar-refractivity contribution in [1.82, 2.24) is 4.98 Å². The first-order valence-corrected chi connectivity index (χ1v) is 7.95. The zero-order chi connectivity index (χ0) is 19.3. The molecule has 0 aliphatic rings. The van der Waals surface area contributed by atoms with Crippen LogP contribution in [0.3, 0.4) is 0 Å². The maximum atomic E-state index is 13.8. The molecule has 1 aromatic heterocycles. The van der Waals surface area contributed by atoms with Crippen LogP contribution in [0.4, 0.5) is 22.7 Å². The fraction of sp³-hybridized carbons (Fsp3) is 0.267. The van der Waals surface area contributed by atoms with Crippen molar-refractivity contribution in [3.05, 3.63) is 40.9 Å². The molecule has 2 rings (SSSR count). The van der Waals surface area contributed by atoms with Gasteiger partial charge in [-0.05, 0) is 19.1 Å². The Hall–Kier alpha value is -2.69. The third-order valence-electron chi connectivity index (χ3n) is 2.78. The molecule has 0 fully saturated rings. The number of halogens is 4. The number of thiazole rings is 1. The normalized spacial score (nSPS) is 12.3. The van der Waals surface area contributed by atoms with Gasteiger partial charge >= 0.3 is 24.4 Å². The Bertz CT molecular complexity index is 780. The molecule has 0 spiro atoms. The van der Waals surface area contributed by atoms with Crippen molar-refractivity contribution < 1.29 is 36.6 Å². The van der Waals surface area contributed by atoms with Crippen molar-refractivity contribution in [2.24, 2.45) is 0 Å². The number of alkyl halides is 4. The highest BCUT2D eigenvalue weighted by atomic mass is 32.1. The molecule has 6 nitrogen and oxygen atoms in total. The topological polar surface area (TPSA) is 77.5 Å². The van der Waals surface area contributed by atoms with E-state index in [9.17, 15) is 27.2 Å². The predicted molar refractivity (Wildman–Crippen MR) is 83.7 cm³/mol. The number of hydrogen-bond acceptors (Lipinski definition) is 6. The monoisotopic (exact) mass is 392 g/mol. The summed E-state index contributed by atoms with van der Waals surface area (Å²) in [5.41, 5.74) is -1.52. The number of carbonyl (C=O) groups excluding carboxylic acids is 2. The minimum absolute atomic E-state index is 0.0532. The van der Waals surface area contributed by atoms with E-state index in [1.165, 1.54) is 19.1 Å². The highest BCUT2D eigenvalue weighted by molar-refractivity contribution is 7.17. The van der Waals surface area contributed by atoms with Crippen LogP contribution in [-0.2, 0) is 15.7 Å². The van der Waals surface area contributed by atoms with Gasteiger partial charge in [-0.2, -0.15) is 17.6 Å². The van der Waals surface area contributed by atoms with E-state index >= 15 is 0 Å². The second-order valence-electron chi connectivity index (χ2n) is 4.65. The summed E-state index contributed by atoms with van der Waals surface area (Å²) in [7, 11) is 0. The number of anilines is 1. The smallest absolute Gasteiger partial charge is 0.435 e. The highest BCUT2D eigenvalue weighted by Gasteiger charge is 2.40. The Balaban J connectivity index is 2.15. The lowest BCUT2D eigenvalue weighted by atomic mass is 10.3. The van der Waals surface area contributed by atoms with Gasteiger partial charge in [0, 0.05) is 0 Å². The molecule has 1 heterocycles. The summed E-state index contributed by atoms with van der Waals surface area (Å²) in [6.45, 7) is 1.27. The maximum absolute atomic E-state index is 13.8. The van der Waals surface area contributed by atoms with E-state index in [0.29, 0.717) is 0 Å².